The number of methoxy groups -OCH3 is 1. The SMILES string of the molecule is COCCCOCCOC(=O)CCCCN. The Morgan fingerprint density at radius 3 is 2.56 bits per heavy atom. The zero-order chi connectivity index (χ0) is 12.1. The van der Waals surface area contributed by atoms with Gasteiger partial charge in [0.15, 0.2) is 0 Å². The van der Waals surface area contributed by atoms with Crippen molar-refractivity contribution in [1.29, 1.82) is 0 Å². The van der Waals surface area contributed by atoms with Crippen molar-refractivity contribution in [2.75, 3.05) is 40.1 Å². The number of hydrogen-bond acceptors (Lipinski definition) is 5. The molecule has 2 N–H and O–H groups in total. The highest BCUT2D eigenvalue weighted by molar-refractivity contribution is 5.69. The molecule has 0 bridgehead atoms. The van der Waals surface area contributed by atoms with Gasteiger partial charge in [-0.05, 0) is 25.8 Å². The van der Waals surface area contributed by atoms with Crippen molar-refractivity contribution in [1.82, 2.24) is 0 Å². The smallest absolute Gasteiger partial charge is 0.305 e. The fourth-order valence-corrected chi connectivity index (χ4v) is 1.11. The first-order valence-electron chi connectivity index (χ1n) is 5.73. The topological polar surface area (TPSA) is 70.8 Å². The van der Waals surface area contributed by atoms with Crippen LogP contribution >= 0.6 is 0 Å². The molecule has 0 atom stereocenters. The summed E-state index contributed by atoms with van der Waals surface area (Å²) in [4.78, 5) is 11.1. The summed E-state index contributed by atoms with van der Waals surface area (Å²) in [6, 6.07) is 0. The van der Waals surface area contributed by atoms with E-state index < -0.39 is 0 Å². The van der Waals surface area contributed by atoms with Crippen LogP contribution in [0.1, 0.15) is 25.7 Å². The molecule has 0 aliphatic rings. The Balaban J connectivity index is 3.09. The van der Waals surface area contributed by atoms with E-state index >= 15 is 0 Å². The normalized spacial score (nSPS) is 10.4. The van der Waals surface area contributed by atoms with Gasteiger partial charge in [0.2, 0.25) is 0 Å². The van der Waals surface area contributed by atoms with Gasteiger partial charge in [0, 0.05) is 26.7 Å². The number of carbonyl (C=O) groups is 1. The number of hydrogen-bond donors (Lipinski definition) is 1. The van der Waals surface area contributed by atoms with E-state index in [9.17, 15) is 4.79 Å². The van der Waals surface area contributed by atoms with Gasteiger partial charge in [-0.2, -0.15) is 0 Å². The quantitative estimate of drug-likeness (QED) is 0.420. The van der Waals surface area contributed by atoms with Gasteiger partial charge in [0.05, 0.1) is 6.61 Å². The highest BCUT2D eigenvalue weighted by Crippen LogP contribution is 1.96. The third-order valence-corrected chi connectivity index (χ3v) is 1.96. The summed E-state index contributed by atoms with van der Waals surface area (Å²) in [5.41, 5.74) is 5.31. The number of unbranched alkanes of at least 4 members (excludes halogenated alkanes) is 1. The van der Waals surface area contributed by atoms with E-state index in [4.69, 9.17) is 19.9 Å². The molecule has 0 saturated carbocycles. The maximum Gasteiger partial charge on any atom is 0.305 e. The Kier molecular flexibility index (Phi) is 11.9. The van der Waals surface area contributed by atoms with Crippen molar-refractivity contribution >= 4 is 5.97 Å². The third-order valence-electron chi connectivity index (χ3n) is 1.96. The Hall–Kier alpha value is -0.650. The number of esters is 1. The zero-order valence-corrected chi connectivity index (χ0v) is 10.1. The molecule has 0 fully saturated rings. The molecule has 96 valence electrons. The fraction of sp³-hybridized carbons (Fsp3) is 0.909. The number of ether oxygens (including phenoxy) is 3. The summed E-state index contributed by atoms with van der Waals surface area (Å²) >= 11 is 0. The van der Waals surface area contributed by atoms with Gasteiger partial charge in [-0.3, -0.25) is 4.79 Å². The predicted molar refractivity (Wildman–Crippen MR) is 61.2 cm³/mol. The van der Waals surface area contributed by atoms with E-state index in [1.54, 1.807) is 7.11 Å². The lowest BCUT2D eigenvalue weighted by Crippen LogP contribution is -2.11. The summed E-state index contributed by atoms with van der Waals surface area (Å²) in [5, 5.41) is 0. The number of rotatable bonds is 11. The van der Waals surface area contributed by atoms with Crippen LogP contribution in [0.25, 0.3) is 0 Å². The van der Waals surface area contributed by atoms with E-state index in [2.05, 4.69) is 0 Å². The lowest BCUT2D eigenvalue weighted by Gasteiger charge is -2.05. The molecule has 5 heteroatoms. The van der Waals surface area contributed by atoms with Gasteiger partial charge < -0.3 is 19.9 Å². The van der Waals surface area contributed by atoms with Gasteiger partial charge in [-0.1, -0.05) is 0 Å². The molecule has 0 aromatic heterocycles. The van der Waals surface area contributed by atoms with E-state index in [1.807, 2.05) is 0 Å². The van der Waals surface area contributed by atoms with Crippen molar-refractivity contribution in [3.05, 3.63) is 0 Å². The molecule has 0 aliphatic carbocycles. The van der Waals surface area contributed by atoms with Gasteiger partial charge >= 0.3 is 5.97 Å². The number of carbonyl (C=O) groups excluding carboxylic acids is 1. The second-order valence-electron chi connectivity index (χ2n) is 3.42. The lowest BCUT2D eigenvalue weighted by molar-refractivity contribution is -0.145. The van der Waals surface area contributed by atoms with Crippen LogP contribution in [0.15, 0.2) is 0 Å². The average Bonchev–Trinajstić information content (AvgIpc) is 2.28. The number of nitrogens with two attached hydrogens (primary N) is 1. The molecule has 0 aromatic carbocycles. The molecule has 5 nitrogen and oxygen atoms in total. The molecule has 0 unspecified atom stereocenters. The Morgan fingerprint density at radius 2 is 1.88 bits per heavy atom. The molecule has 0 spiro atoms. The molecular weight excluding hydrogens is 210 g/mol. The van der Waals surface area contributed by atoms with Crippen LogP contribution in [0.3, 0.4) is 0 Å². The van der Waals surface area contributed by atoms with Gasteiger partial charge in [0.1, 0.15) is 6.61 Å². The van der Waals surface area contributed by atoms with Crippen molar-refractivity contribution in [3.8, 4) is 0 Å². The second-order valence-corrected chi connectivity index (χ2v) is 3.42. The van der Waals surface area contributed by atoms with Crippen LogP contribution in [0.2, 0.25) is 0 Å². The average molecular weight is 233 g/mol. The Bertz CT molecular complexity index is 164. The Labute approximate surface area is 97.2 Å². The molecule has 0 radical (unpaired) electrons. The minimum Gasteiger partial charge on any atom is -0.463 e. The van der Waals surface area contributed by atoms with Gasteiger partial charge in [0.25, 0.3) is 0 Å². The minimum absolute atomic E-state index is 0.172. The van der Waals surface area contributed by atoms with Crippen LogP contribution in [0, 0.1) is 0 Å². The predicted octanol–water partition coefficient (Wildman–Crippen LogP) is 0.712. The molecule has 0 heterocycles. The van der Waals surface area contributed by atoms with E-state index in [0.29, 0.717) is 39.4 Å². The molecular formula is C11H23NO4. The van der Waals surface area contributed by atoms with E-state index in [1.165, 1.54) is 0 Å². The van der Waals surface area contributed by atoms with Crippen molar-refractivity contribution < 1.29 is 19.0 Å². The van der Waals surface area contributed by atoms with Crippen molar-refractivity contribution in [2.24, 2.45) is 5.73 Å². The lowest BCUT2D eigenvalue weighted by atomic mass is 10.2. The summed E-state index contributed by atoms with van der Waals surface area (Å²) in [7, 11) is 1.66. The largest absolute Gasteiger partial charge is 0.463 e. The van der Waals surface area contributed by atoms with Crippen LogP contribution in [-0.4, -0.2) is 46.1 Å². The molecule has 16 heavy (non-hydrogen) atoms. The first-order chi connectivity index (χ1) is 7.81. The van der Waals surface area contributed by atoms with Crippen molar-refractivity contribution in [3.63, 3.8) is 0 Å². The van der Waals surface area contributed by atoms with Crippen LogP contribution in [0.4, 0.5) is 0 Å². The van der Waals surface area contributed by atoms with Crippen LogP contribution < -0.4 is 5.73 Å². The van der Waals surface area contributed by atoms with Gasteiger partial charge in [-0.25, -0.2) is 0 Å². The highest BCUT2D eigenvalue weighted by Gasteiger charge is 2.01. The fourth-order valence-electron chi connectivity index (χ4n) is 1.11. The van der Waals surface area contributed by atoms with Crippen LogP contribution in [0.5, 0.6) is 0 Å². The Morgan fingerprint density at radius 1 is 1.06 bits per heavy atom. The standard InChI is InChI=1S/C11H23NO4/c1-14-7-4-8-15-9-10-16-11(13)5-2-3-6-12/h2-10,12H2,1H3. The van der Waals surface area contributed by atoms with E-state index in [-0.39, 0.29) is 5.97 Å². The van der Waals surface area contributed by atoms with E-state index in [0.717, 1.165) is 19.3 Å². The maximum atomic E-state index is 11.1. The summed E-state index contributed by atoms with van der Waals surface area (Å²) in [6.07, 6.45) is 2.97. The molecule has 0 saturated heterocycles. The zero-order valence-electron chi connectivity index (χ0n) is 10.1. The molecule has 0 aliphatic heterocycles. The monoisotopic (exact) mass is 233 g/mol. The molecule has 0 aromatic rings. The summed E-state index contributed by atoms with van der Waals surface area (Å²) in [5.74, 6) is -0.172. The minimum atomic E-state index is -0.172. The third kappa shape index (κ3) is 11.4. The van der Waals surface area contributed by atoms with Crippen LogP contribution in [-0.2, 0) is 19.0 Å². The first kappa shape index (κ1) is 15.3. The maximum absolute atomic E-state index is 11.1. The molecule has 0 amide bonds. The van der Waals surface area contributed by atoms with Crippen molar-refractivity contribution in [2.45, 2.75) is 25.7 Å². The first-order valence-corrected chi connectivity index (χ1v) is 5.73. The highest BCUT2D eigenvalue weighted by atomic mass is 16.6. The molecule has 0 rings (SSSR count). The summed E-state index contributed by atoms with van der Waals surface area (Å²) in [6.45, 7) is 2.73. The summed E-state index contributed by atoms with van der Waals surface area (Å²) < 4.78 is 15.1. The second kappa shape index (κ2) is 12.4. The van der Waals surface area contributed by atoms with Gasteiger partial charge in [-0.15, -0.1) is 0 Å².